The first-order chi connectivity index (χ1) is 11.1. The first-order valence-electron chi connectivity index (χ1n) is 6.72. The van der Waals surface area contributed by atoms with Crippen LogP contribution in [0.3, 0.4) is 0 Å². The number of benzene rings is 2. The molecule has 23 heavy (non-hydrogen) atoms. The van der Waals surface area contributed by atoms with Gasteiger partial charge in [0.2, 0.25) is 0 Å². The Morgan fingerprint density at radius 3 is 2.65 bits per heavy atom. The molecule has 0 fully saturated rings. The van der Waals surface area contributed by atoms with E-state index < -0.39 is 0 Å². The van der Waals surface area contributed by atoms with Gasteiger partial charge in [-0.15, -0.1) is 0 Å². The van der Waals surface area contributed by atoms with Gasteiger partial charge in [-0.25, -0.2) is 4.39 Å². The van der Waals surface area contributed by atoms with Crippen molar-refractivity contribution in [1.29, 1.82) is 0 Å². The molecule has 0 saturated heterocycles. The lowest BCUT2D eigenvalue weighted by atomic mass is 10.2. The van der Waals surface area contributed by atoms with Crippen molar-refractivity contribution >= 4 is 23.5 Å². The van der Waals surface area contributed by atoms with E-state index in [2.05, 4.69) is 22.7 Å². The lowest BCUT2D eigenvalue weighted by Gasteiger charge is -2.11. The van der Waals surface area contributed by atoms with Crippen LogP contribution in [0.1, 0.15) is 11.1 Å². The Bertz CT molecular complexity index is 705. The molecule has 0 atom stereocenters. The van der Waals surface area contributed by atoms with Gasteiger partial charge in [0.1, 0.15) is 12.4 Å². The lowest BCUT2D eigenvalue weighted by molar-refractivity contribution is 0.284. The van der Waals surface area contributed by atoms with E-state index in [-0.39, 0.29) is 10.9 Å². The minimum absolute atomic E-state index is 0.0902. The summed E-state index contributed by atoms with van der Waals surface area (Å²) in [4.78, 5) is 0. The molecule has 0 aliphatic carbocycles. The molecule has 0 aromatic heterocycles. The van der Waals surface area contributed by atoms with Gasteiger partial charge >= 0.3 is 0 Å². The largest absolute Gasteiger partial charge is 0.493 e. The van der Waals surface area contributed by atoms with E-state index in [1.54, 1.807) is 37.6 Å². The van der Waals surface area contributed by atoms with Crippen LogP contribution in [0.15, 0.2) is 47.6 Å². The zero-order valence-corrected chi connectivity index (χ0v) is 13.3. The first kappa shape index (κ1) is 16.7. The molecular weight excluding hydrogens is 317 g/mol. The van der Waals surface area contributed by atoms with Crippen LogP contribution in [0.2, 0.25) is 0 Å². The quantitative estimate of drug-likeness (QED) is 0.483. The van der Waals surface area contributed by atoms with Gasteiger partial charge in [-0.2, -0.15) is 5.10 Å². The second-order valence-electron chi connectivity index (χ2n) is 4.56. The fourth-order valence-electron chi connectivity index (χ4n) is 1.80. The highest BCUT2D eigenvalue weighted by atomic mass is 32.1. The monoisotopic (exact) mass is 333 g/mol. The number of thiocarbonyl (C=S) groups is 1. The molecule has 0 radical (unpaired) electrons. The summed E-state index contributed by atoms with van der Waals surface area (Å²) in [5.74, 6) is 0.864. The van der Waals surface area contributed by atoms with Crippen molar-refractivity contribution in [3.63, 3.8) is 0 Å². The fourth-order valence-corrected chi connectivity index (χ4v) is 1.85. The number of hydrogen-bond donors (Lipinski definition) is 2. The van der Waals surface area contributed by atoms with Crippen LogP contribution in [0, 0.1) is 5.82 Å². The molecule has 2 aromatic rings. The molecule has 0 heterocycles. The standard InChI is InChI=1S/C16H16FN3O2S/c1-21-15-8-12(9-19-20-16(18)23)4-7-14(15)22-10-11-2-5-13(17)6-3-11/h2-9H,10H2,1H3,(H3,18,20,23)/b19-9-. The summed E-state index contributed by atoms with van der Waals surface area (Å²) in [5, 5.41) is 3.97. The summed E-state index contributed by atoms with van der Waals surface area (Å²) >= 11 is 4.65. The molecule has 7 heteroatoms. The summed E-state index contributed by atoms with van der Waals surface area (Å²) in [6.45, 7) is 0.313. The van der Waals surface area contributed by atoms with Crippen molar-refractivity contribution in [2.75, 3.05) is 7.11 Å². The van der Waals surface area contributed by atoms with E-state index in [0.717, 1.165) is 11.1 Å². The van der Waals surface area contributed by atoms with E-state index in [1.807, 2.05) is 6.07 Å². The second-order valence-corrected chi connectivity index (χ2v) is 5.00. The first-order valence-corrected chi connectivity index (χ1v) is 7.13. The Morgan fingerprint density at radius 2 is 2.00 bits per heavy atom. The third-order valence-corrected chi connectivity index (χ3v) is 2.97. The van der Waals surface area contributed by atoms with Crippen LogP contribution in [-0.2, 0) is 6.61 Å². The van der Waals surface area contributed by atoms with Crippen molar-refractivity contribution < 1.29 is 13.9 Å². The van der Waals surface area contributed by atoms with Gasteiger partial charge in [-0.3, -0.25) is 5.43 Å². The van der Waals surface area contributed by atoms with Gasteiger partial charge in [0.25, 0.3) is 0 Å². The summed E-state index contributed by atoms with van der Waals surface area (Å²) in [5.41, 5.74) is 9.40. The predicted octanol–water partition coefficient (Wildman–Crippen LogP) is 2.58. The number of nitrogens with zero attached hydrogens (tertiary/aromatic N) is 1. The number of rotatable bonds is 6. The average Bonchev–Trinajstić information content (AvgIpc) is 2.54. The van der Waals surface area contributed by atoms with E-state index in [1.165, 1.54) is 12.1 Å². The van der Waals surface area contributed by atoms with Gasteiger partial charge < -0.3 is 15.2 Å². The van der Waals surface area contributed by atoms with Crippen molar-refractivity contribution in [1.82, 2.24) is 5.43 Å². The number of halogens is 1. The minimum Gasteiger partial charge on any atom is -0.493 e. The molecule has 2 aromatic carbocycles. The van der Waals surface area contributed by atoms with Crippen LogP contribution < -0.4 is 20.6 Å². The van der Waals surface area contributed by atoms with Crippen LogP contribution >= 0.6 is 12.2 Å². The van der Waals surface area contributed by atoms with E-state index in [9.17, 15) is 4.39 Å². The van der Waals surface area contributed by atoms with Crippen LogP contribution in [0.5, 0.6) is 11.5 Å². The van der Waals surface area contributed by atoms with Gasteiger partial charge in [-0.1, -0.05) is 12.1 Å². The van der Waals surface area contributed by atoms with Crippen molar-refractivity contribution in [3.8, 4) is 11.5 Å². The van der Waals surface area contributed by atoms with Crippen LogP contribution in [0.4, 0.5) is 4.39 Å². The molecule has 0 unspecified atom stereocenters. The third kappa shape index (κ3) is 5.23. The maximum absolute atomic E-state index is 12.9. The number of nitrogens with two attached hydrogens (primary N) is 1. The van der Waals surface area contributed by atoms with Crippen molar-refractivity contribution in [2.24, 2.45) is 10.8 Å². The Morgan fingerprint density at radius 1 is 1.26 bits per heavy atom. The Labute approximate surface area is 138 Å². The van der Waals surface area contributed by atoms with Crippen LogP contribution in [-0.4, -0.2) is 18.4 Å². The zero-order valence-electron chi connectivity index (χ0n) is 12.5. The maximum Gasteiger partial charge on any atom is 0.184 e. The Kier molecular flexibility index (Phi) is 5.87. The van der Waals surface area contributed by atoms with Crippen molar-refractivity contribution in [2.45, 2.75) is 6.61 Å². The Hall–Kier alpha value is -2.67. The number of hydrazone groups is 1. The zero-order chi connectivity index (χ0) is 16.7. The van der Waals surface area contributed by atoms with Gasteiger partial charge in [0.15, 0.2) is 16.6 Å². The van der Waals surface area contributed by atoms with Gasteiger partial charge in [0, 0.05) is 0 Å². The predicted molar refractivity (Wildman–Crippen MR) is 91.2 cm³/mol. The summed E-state index contributed by atoms with van der Waals surface area (Å²) in [7, 11) is 1.55. The average molecular weight is 333 g/mol. The molecule has 0 bridgehead atoms. The highest BCUT2D eigenvalue weighted by Gasteiger charge is 2.06. The summed E-state index contributed by atoms with van der Waals surface area (Å²) in [6.07, 6.45) is 1.56. The Balaban J connectivity index is 2.05. The minimum atomic E-state index is -0.277. The second kappa shape index (κ2) is 8.09. The summed E-state index contributed by atoms with van der Waals surface area (Å²) < 4.78 is 23.9. The smallest absolute Gasteiger partial charge is 0.184 e. The third-order valence-electron chi connectivity index (χ3n) is 2.88. The topological polar surface area (TPSA) is 68.9 Å². The van der Waals surface area contributed by atoms with Crippen LogP contribution in [0.25, 0.3) is 0 Å². The van der Waals surface area contributed by atoms with E-state index in [0.29, 0.717) is 18.1 Å². The highest BCUT2D eigenvalue weighted by molar-refractivity contribution is 7.80. The van der Waals surface area contributed by atoms with Gasteiger partial charge in [-0.05, 0) is 53.7 Å². The van der Waals surface area contributed by atoms with Gasteiger partial charge in [0.05, 0.1) is 13.3 Å². The normalized spacial score (nSPS) is 10.5. The number of ether oxygens (including phenoxy) is 2. The molecule has 0 aliphatic heterocycles. The van der Waals surface area contributed by atoms with Crippen molar-refractivity contribution in [3.05, 3.63) is 59.4 Å². The molecule has 0 saturated carbocycles. The molecular formula is C16H16FN3O2S. The number of methoxy groups -OCH3 is 1. The molecule has 0 aliphatic rings. The number of nitrogens with one attached hydrogen (secondary N) is 1. The molecule has 0 amide bonds. The fraction of sp³-hybridized carbons (Fsp3) is 0.125. The van der Waals surface area contributed by atoms with E-state index in [4.69, 9.17) is 15.2 Å². The molecule has 120 valence electrons. The molecule has 0 spiro atoms. The van der Waals surface area contributed by atoms with E-state index >= 15 is 0 Å². The molecule has 2 rings (SSSR count). The highest BCUT2D eigenvalue weighted by Crippen LogP contribution is 2.28. The SMILES string of the molecule is COc1cc(/C=N\NC(N)=S)ccc1OCc1ccc(F)cc1. The molecule has 5 nitrogen and oxygen atoms in total. The summed E-state index contributed by atoms with van der Waals surface area (Å²) in [6, 6.07) is 11.5. The molecule has 3 N–H and O–H groups in total. The lowest BCUT2D eigenvalue weighted by Crippen LogP contribution is -2.23. The number of hydrogen-bond acceptors (Lipinski definition) is 4. The maximum atomic E-state index is 12.9.